The van der Waals surface area contributed by atoms with Crippen LogP contribution in [-0.2, 0) is 0 Å². The van der Waals surface area contributed by atoms with Crippen LogP contribution in [0.25, 0.3) is 0 Å². The number of hydrogen-bond acceptors (Lipinski definition) is 3. The lowest BCUT2D eigenvalue weighted by Gasteiger charge is -2.34. The molecule has 0 aromatic heterocycles. The van der Waals surface area contributed by atoms with Crippen molar-refractivity contribution in [1.29, 1.82) is 0 Å². The molecular formula is C15H22N2O. The van der Waals surface area contributed by atoms with E-state index in [0.29, 0.717) is 11.6 Å². The molecule has 0 aliphatic carbocycles. The Morgan fingerprint density at radius 1 is 1.39 bits per heavy atom. The SMILES string of the molecule is CC1CCCN(C(C)C(=O)c2ccc(N)cc2)C1. The molecule has 1 aliphatic rings. The lowest BCUT2D eigenvalue weighted by molar-refractivity contribution is 0.0765. The van der Waals surface area contributed by atoms with Gasteiger partial charge in [0.25, 0.3) is 0 Å². The van der Waals surface area contributed by atoms with Gasteiger partial charge in [0.15, 0.2) is 5.78 Å². The fourth-order valence-corrected chi connectivity index (χ4v) is 2.63. The lowest BCUT2D eigenvalue weighted by Crippen LogP contribution is -2.44. The summed E-state index contributed by atoms with van der Waals surface area (Å²) in [5, 5.41) is 0. The molecule has 1 saturated heterocycles. The van der Waals surface area contributed by atoms with Gasteiger partial charge in [-0.1, -0.05) is 6.92 Å². The Balaban J connectivity index is 2.06. The topological polar surface area (TPSA) is 46.3 Å². The molecule has 1 fully saturated rings. The number of nitrogen functional groups attached to an aromatic ring is 1. The van der Waals surface area contributed by atoms with Gasteiger partial charge in [0.2, 0.25) is 0 Å². The van der Waals surface area contributed by atoms with Crippen LogP contribution in [0.4, 0.5) is 5.69 Å². The number of hydrogen-bond donors (Lipinski definition) is 1. The summed E-state index contributed by atoms with van der Waals surface area (Å²) < 4.78 is 0. The van der Waals surface area contributed by atoms with E-state index in [2.05, 4.69) is 11.8 Å². The van der Waals surface area contributed by atoms with E-state index in [1.54, 1.807) is 12.1 Å². The summed E-state index contributed by atoms with van der Waals surface area (Å²) in [5.74, 6) is 0.893. The quantitative estimate of drug-likeness (QED) is 0.658. The second-order valence-corrected chi connectivity index (χ2v) is 5.40. The maximum absolute atomic E-state index is 12.4. The highest BCUT2D eigenvalue weighted by molar-refractivity contribution is 6.00. The van der Waals surface area contributed by atoms with E-state index in [1.807, 2.05) is 19.1 Å². The van der Waals surface area contributed by atoms with Gasteiger partial charge in [0, 0.05) is 17.8 Å². The van der Waals surface area contributed by atoms with Gasteiger partial charge in [-0.05, 0) is 56.5 Å². The van der Waals surface area contributed by atoms with Crippen molar-refractivity contribution in [3.63, 3.8) is 0 Å². The average molecular weight is 246 g/mol. The minimum atomic E-state index is -0.0311. The molecule has 2 atom stereocenters. The summed E-state index contributed by atoms with van der Waals surface area (Å²) in [5.41, 5.74) is 7.10. The van der Waals surface area contributed by atoms with Gasteiger partial charge in [-0.2, -0.15) is 0 Å². The minimum Gasteiger partial charge on any atom is -0.399 e. The number of carbonyl (C=O) groups excluding carboxylic acids is 1. The molecule has 1 aromatic rings. The van der Waals surface area contributed by atoms with Crippen LogP contribution < -0.4 is 5.73 Å². The highest BCUT2D eigenvalue weighted by Crippen LogP contribution is 2.20. The average Bonchev–Trinajstić information content (AvgIpc) is 2.38. The zero-order valence-electron chi connectivity index (χ0n) is 11.2. The summed E-state index contributed by atoms with van der Waals surface area (Å²) >= 11 is 0. The molecule has 2 unspecified atom stereocenters. The first kappa shape index (κ1) is 13.1. The highest BCUT2D eigenvalue weighted by Gasteiger charge is 2.26. The van der Waals surface area contributed by atoms with Gasteiger partial charge in [-0.3, -0.25) is 9.69 Å². The molecule has 0 amide bonds. The molecule has 1 aromatic carbocycles. The normalized spacial score (nSPS) is 22.7. The van der Waals surface area contributed by atoms with Crippen molar-refractivity contribution in [1.82, 2.24) is 4.90 Å². The number of piperidine rings is 1. The number of carbonyl (C=O) groups is 1. The van der Waals surface area contributed by atoms with Gasteiger partial charge >= 0.3 is 0 Å². The number of rotatable bonds is 3. The van der Waals surface area contributed by atoms with Crippen LogP contribution in [0.5, 0.6) is 0 Å². The Hall–Kier alpha value is -1.35. The van der Waals surface area contributed by atoms with Crippen LogP contribution in [0.15, 0.2) is 24.3 Å². The van der Waals surface area contributed by atoms with E-state index in [1.165, 1.54) is 12.8 Å². The van der Waals surface area contributed by atoms with E-state index in [4.69, 9.17) is 5.73 Å². The Bertz CT molecular complexity index is 413. The predicted molar refractivity (Wildman–Crippen MR) is 74.6 cm³/mol. The van der Waals surface area contributed by atoms with Gasteiger partial charge in [-0.25, -0.2) is 0 Å². The number of nitrogens with two attached hydrogens (primary N) is 1. The number of benzene rings is 1. The number of likely N-dealkylation sites (tertiary alicyclic amines) is 1. The summed E-state index contributed by atoms with van der Waals surface area (Å²) in [6.07, 6.45) is 2.47. The Morgan fingerprint density at radius 2 is 2.06 bits per heavy atom. The molecule has 2 rings (SSSR count). The fraction of sp³-hybridized carbons (Fsp3) is 0.533. The smallest absolute Gasteiger partial charge is 0.179 e. The third kappa shape index (κ3) is 2.91. The summed E-state index contributed by atoms with van der Waals surface area (Å²) in [6.45, 7) is 6.33. The molecule has 0 saturated carbocycles. The number of Topliss-reactive ketones (excluding diaryl/α,β-unsaturated/α-hetero) is 1. The lowest BCUT2D eigenvalue weighted by atomic mass is 9.96. The van der Waals surface area contributed by atoms with E-state index in [-0.39, 0.29) is 11.8 Å². The van der Waals surface area contributed by atoms with Crippen molar-refractivity contribution < 1.29 is 4.79 Å². The van der Waals surface area contributed by atoms with E-state index in [9.17, 15) is 4.79 Å². The second kappa shape index (κ2) is 5.53. The molecule has 2 N–H and O–H groups in total. The molecule has 3 nitrogen and oxygen atoms in total. The van der Waals surface area contributed by atoms with E-state index in [0.717, 1.165) is 18.7 Å². The maximum atomic E-state index is 12.4. The van der Waals surface area contributed by atoms with Gasteiger partial charge < -0.3 is 5.73 Å². The Labute approximate surface area is 109 Å². The molecule has 98 valence electrons. The van der Waals surface area contributed by atoms with Crippen LogP contribution in [0.3, 0.4) is 0 Å². The molecule has 18 heavy (non-hydrogen) atoms. The molecule has 3 heteroatoms. The number of anilines is 1. The van der Waals surface area contributed by atoms with Crippen LogP contribution >= 0.6 is 0 Å². The van der Waals surface area contributed by atoms with Gasteiger partial charge in [-0.15, -0.1) is 0 Å². The predicted octanol–water partition coefficient (Wildman–Crippen LogP) is 2.57. The summed E-state index contributed by atoms with van der Waals surface area (Å²) in [6, 6.07) is 7.19. The Kier molecular flexibility index (Phi) is 4.02. The Morgan fingerprint density at radius 3 is 2.67 bits per heavy atom. The minimum absolute atomic E-state index is 0.0311. The standard InChI is InChI=1S/C15H22N2O/c1-11-4-3-9-17(10-11)12(2)15(18)13-5-7-14(16)8-6-13/h5-8,11-12H,3-4,9-10,16H2,1-2H3. The van der Waals surface area contributed by atoms with Crippen LogP contribution in [-0.4, -0.2) is 29.8 Å². The summed E-state index contributed by atoms with van der Waals surface area (Å²) in [4.78, 5) is 14.7. The van der Waals surface area contributed by atoms with Crippen LogP contribution in [0.1, 0.15) is 37.0 Å². The van der Waals surface area contributed by atoms with Crippen molar-refractivity contribution in [3.8, 4) is 0 Å². The van der Waals surface area contributed by atoms with Crippen molar-refractivity contribution in [2.75, 3.05) is 18.8 Å². The molecule has 0 bridgehead atoms. The fourth-order valence-electron chi connectivity index (χ4n) is 2.63. The zero-order chi connectivity index (χ0) is 13.1. The molecule has 1 aliphatic heterocycles. The molecule has 0 radical (unpaired) electrons. The molecule has 0 spiro atoms. The first-order valence-corrected chi connectivity index (χ1v) is 6.71. The zero-order valence-corrected chi connectivity index (χ0v) is 11.2. The maximum Gasteiger partial charge on any atom is 0.179 e. The van der Waals surface area contributed by atoms with E-state index < -0.39 is 0 Å². The van der Waals surface area contributed by atoms with Crippen molar-refractivity contribution in [3.05, 3.63) is 29.8 Å². The molecule has 1 heterocycles. The van der Waals surface area contributed by atoms with E-state index >= 15 is 0 Å². The highest BCUT2D eigenvalue weighted by atomic mass is 16.1. The first-order chi connectivity index (χ1) is 8.58. The summed E-state index contributed by atoms with van der Waals surface area (Å²) in [7, 11) is 0. The third-order valence-corrected chi connectivity index (χ3v) is 3.81. The van der Waals surface area contributed by atoms with Crippen LogP contribution in [0.2, 0.25) is 0 Å². The second-order valence-electron chi connectivity index (χ2n) is 5.40. The van der Waals surface area contributed by atoms with Gasteiger partial charge in [0.05, 0.1) is 6.04 Å². The monoisotopic (exact) mass is 246 g/mol. The molecular weight excluding hydrogens is 224 g/mol. The number of nitrogens with zero attached hydrogens (tertiary/aromatic N) is 1. The van der Waals surface area contributed by atoms with Gasteiger partial charge in [0.1, 0.15) is 0 Å². The van der Waals surface area contributed by atoms with Crippen molar-refractivity contribution >= 4 is 11.5 Å². The number of ketones is 1. The first-order valence-electron chi connectivity index (χ1n) is 6.71. The van der Waals surface area contributed by atoms with Crippen molar-refractivity contribution in [2.45, 2.75) is 32.7 Å². The third-order valence-electron chi connectivity index (χ3n) is 3.81. The van der Waals surface area contributed by atoms with Crippen molar-refractivity contribution in [2.24, 2.45) is 5.92 Å². The largest absolute Gasteiger partial charge is 0.399 e. The van der Waals surface area contributed by atoms with Crippen LogP contribution in [0, 0.1) is 5.92 Å².